The van der Waals surface area contributed by atoms with E-state index in [2.05, 4.69) is 10.2 Å². The first-order chi connectivity index (χ1) is 7.13. The van der Waals surface area contributed by atoms with Crippen molar-refractivity contribution in [1.82, 2.24) is 4.90 Å². The molecule has 80 valence electrons. The first kappa shape index (κ1) is 11.2. The summed E-state index contributed by atoms with van der Waals surface area (Å²) in [7, 11) is 4.83. The van der Waals surface area contributed by atoms with Crippen LogP contribution in [-0.2, 0) is 0 Å². The molecule has 1 aromatic rings. The molecule has 0 fully saturated rings. The Morgan fingerprint density at radius 1 is 1.27 bits per heavy atom. The van der Waals surface area contributed by atoms with Gasteiger partial charge >= 0.3 is 6.03 Å². The van der Waals surface area contributed by atoms with Crippen molar-refractivity contribution in [3.8, 4) is 5.75 Å². The lowest BCUT2D eigenvalue weighted by Gasteiger charge is -2.03. The maximum absolute atomic E-state index is 11.1. The molecule has 0 saturated heterocycles. The molecule has 0 N–H and O–H groups in total. The van der Waals surface area contributed by atoms with E-state index < -0.39 is 0 Å². The van der Waals surface area contributed by atoms with Crippen LogP contribution in [0.15, 0.2) is 34.5 Å². The topological polar surface area (TPSA) is 54.3 Å². The summed E-state index contributed by atoms with van der Waals surface area (Å²) in [6.45, 7) is 0. The van der Waals surface area contributed by atoms with E-state index in [-0.39, 0.29) is 6.03 Å². The minimum atomic E-state index is -0.384. The van der Waals surface area contributed by atoms with E-state index in [1.165, 1.54) is 4.90 Å². The Hall–Kier alpha value is -1.91. The normalized spacial score (nSPS) is 10.3. The molecular weight excluding hydrogens is 194 g/mol. The molecular formula is C10H13N3O2. The fraction of sp³-hybridized carbons (Fsp3) is 0.300. The number of azo groups is 1. The highest BCUT2D eigenvalue weighted by Gasteiger charge is 1.99. The molecule has 5 nitrogen and oxygen atoms in total. The predicted molar refractivity (Wildman–Crippen MR) is 56.6 cm³/mol. The zero-order valence-corrected chi connectivity index (χ0v) is 8.97. The Balaban J connectivity index is 2.69. The Bertz CT molecular complexity index is 357. The summed E-state index contributed by atoms with van der Waals surface area (Å²) < 4.78 is 4.99. The van der Waals surface area contributed by atoms with Crippen molar-refractivity contribution < 1.29 is 9.53 Å². The Morgan fingerprint density at radius 2 is 1.87 bits per heavy atom. The van der Waals surface area contributed by atoms with Gasteiger partial charge in [0, 0.05) is 14.1 Å². The Labute approximate surface area is 88.4 Å². The summed E-state index contributed by atoms with van der Waals surface area (Å²) in [5.41, 5.74) is 0.617. The van der Waals surface area contributed by atoms with Gasteiger partial charge in [-0.15, -0.1) is 5.11 Å². The molecule has 1 aromatic carbocycles. The van der Waals surface area contributed by atoms with Gasteiger partial charge in [-0.05, 0) is 24.3 Å². The van der Waals surface area contributed by atoms with Crippen LogP contribution in [0.4, 0.5) is 10.5 Å². The van der Waals surface area contributed by atoms with Crippen LogP contribution in [0.5, 0.6) is 5.75 Å². The van der Waals surface area contributed by atoms with Gasteiger partial charge in [-0.1, -0.05) is 5.11 Å². The number of urea groups is 1. The van der Waals surface area contributed by atoms with Crippen LogP contribution < -0.4 is 4.74 Å². The molecule has 5 heteroatoms. The van der Waals surface area contributed by atoms with Crippen molar-refractivity contribution in [3.05, 3.63) is 24.3 Å². The van der Waals surface area contributed by atoms with Crippen LogP contribution in [-0.4, -0.2) is 32.1 Å². The Kier molecular flexibility index (Phi) is 3.79. The fourth-order valence-electron chi connectivity index (χ4n) is 0.839. The molecule has 15 heavy (non-hydrogen) atoms. The minimum absolute atomic E-state index is 0.384. The quantitative estimate of drug-likeness (QED) is 0.699. The molecule has 0 heterocycles. The maximum atomic E-state index is 11.1. The number of hydrogen-bond donors (Lipinski definition) is 0. The smallest absolute Gasteiger partial charge is 0.361 e. The van der Waals surface area contributed by atoms with Crippen LogP contribution in [0.25, 0.3) is 0 Å². The van der Waals surface area contributed by atoms with Gasteiger partial charge in [0.1, 0.15) is 5.75 Å². The number of ether oxygens (including phenoxy) is 1. The standard InChI is InChI=1S/C10H13N3O2/c1-13(2)10(14)12-11-8-4-6-9(15-3)7-5-8/h4-7H,1-3H3. The third-order valence-electron chi connectivity index (χ3n) is 1.71. The highest BCUT2D eigenvalue weighted by Crippen LogP contribution is 2.17. The molecule has 0 bridgehead atoms. The SMILES string of the molecule is COc1ccc(N=NC(=O)N(C)C)cc1. The van der Waals surface area contributed by atoms with E-state index >= 15 is 0 Å². The van der Waals surface area contributed by atoms with Crippen LogP contribution in [0.1, 0.15) is 0 Å². The highest BCUT2D eigenvalue weighted by molar-refractivity contribution is 5.74. The minimum Gasteiger partial charge on any atom is -0.497 e. The first-order valence-electron chi connectivity index (χ1n) is 4.40. The summed E-state index contributed by atoms with van der Waals surface area (Å²) in [6, 6.07) is 6.59. The van der Waals surface area contributed by atoms with Gasteiger partial charge in [0.25, 0.3) is 0 Å². The van der Waals surface area contributed by atoms with Crippen LogP contribution in [0.3, 0.4) is 0 Å². The van der Waals surface area contributed by atoms with Crippen LogP contribution >= 0.6 is 0 Å². The van der Waals surface area contributed by atoms with Crippen molar-refractivity contribution in [1.29, 1.82) is 0 Å². The van der Waals surface area contributed by atoms with Crippen molar-refractivity contribution in [3.63, 3.8) is 0 Å². The second-order valence-corrected chi connectivity index (χ2v) is 3.08. The zero-order chi connectivity index (χ0) is 11.3. The van der Waals surface area contributed by atoms with Gasteiger partial charge in [0.05, 0.1) is 12.8 Å². The van der Waals surface area contributed by atoms with Crippen LogP contribution in [0.2, 0.25) is 0 Å². The number of carbonyl (C=O) groups excluding carboxylic acids is 1. The summed E-state index contributed by atoms with van der Waals surface area (Å²) in [4.78, 5) is 12.4. The van der Waals surface area contributed by atoms with E-state index in [9.17, 15) is 4.79 Å². The van der Waals surface area contributed by atoms with E-state index in [1.54, 1.807) is 45.5 Å². The number of nitrogens with zero attached hydrogens (tertiary/aromatic N) is 3. The highest BCUT2D eigenvalue weighted by atomic mass is 16.5. The zero-order valence-electron chi connectivity index (χ0n) is 8.97. The van der Waals surface area contributed by atoms with Crippen molar-refractivity contribution >= 4 is 11.7 Å². The predicted octanol–water partition coefficient (Wildman–Crippen LogP) is 2.46. The van der Waals surface area contributed by atoms with Gasteiger partial charge in [-0.3, -0.25) is 0 Å². The molecule has 1 rings (SSSR count). The van der Waals surface area contributed by atoms with E-state index in [1.807, 2.05) is 0 Å². The summed E-state index contributed by atoms with van der Waals surface area (Å²) in [5.74, 6) is 0.743. The van der Waals surface area contributed by atoms with Gasteiger partial charge in [0.15, 0.2) is 0 Å². The monoisotopic (exact) mass is 207 g/mol. The van der Waals surface area contributed by atoms with Crippen molar-refractivity contribution in [2.24, 2.45) is 10.2 Å². The molecule has 0 aliphatic carbocycles. The summed E-state index contributed by atoms with van der Waals surface area (Å²) in [5, 5.41) is 7.30. The first-order valence-corrected chi connectivity index (χ1v) is 4.40. The number of methoxy groups -OCH3 is 1. The lowest BCUT2D eigenvalue weighted by Crippen LogP contribution is -2.16. The van der Waals surface area contributed by atoms with Gasteiger partial charge in [0.2, 0.25) is 0 Å². The number of benzene rings is 1. The molecule has 0 aliphatic rings. The molecule has 0 saturated carbocycles. The summed E-state index contributed by atoms with van der Waals surface area (Å²) >= 11 is 0. The van der Waals surface area contributed by atoms with Gasteiger partial charge in [-0.25, -0.2) is 4.79 Å². The van der Waals surface area contributed by atoms with Crippen molar-refractivity contribution in [2.75, 3.05) is 21.2 Å². The molecule has 0 aliphatic heterocycles. The number of hydrogen-bond acceptors (Lipinski definition) is 3. The second-order valence-electron chi connectivity index (χ2n) is 3.08. The van der Waals surface area contributed by atoms with E-state index in [4.69, 9.17) is 4.74 Å². The number of amides is 2. The lowest BCUT2D eigenvalue weighted by atomic mass is 10.3. The Morgan fingerprint density at radius 3 is 2.33 bits per heavy atom. The summed E-state index contributed by atoms with van der Waals surface area (Å²) in [6.07, 6.45) is 0. The second kappa shape index (κ2) is 5.09. The lowest BCUT2D eigenvalue weighted by molar-refractivity contribution is 0.225. The third kappa shape index (κ3) is 3.38. The van der Waals surface area contributed by atoms with Gasteiger partial charge in [-0.2, -0.15) is 0 Å². The van der Waals surface area contributed by atoms with Crippen LogP contribution in [0, 0.1) is 0 Å². The van der Waals surface area contributed by atoms with Crippen molar-refractivity contribution in [2.45, 2.75) is 0 Å². The largest absolute Gasteiger partial charge is 0.497 e. The van der Waals surface area contributed by atoms with E-state index in [0.29, 0.717) is 5.69 Å². The number of carbonyl (C=O) groups is 1. The molecule has 0 radical (unpaired) electrons. The average molecular weight is 207 g/mol. The third-order valence-corrected chi connectivity index (χ3v) is 1.71. The maximum Gasteiger partial charge on any atom is 0.361 e. The molecule has 0 atom stereocenters. The van der Waals surface area contributed by atoms with Gasteiger partial charge < -0.3 is 9.64 Å². The molecule has 0 spiro atoms. The average Bonchev–Trinajstić information content (AvgIpc) is 2.26. The molecule has 0 aromatic heterocycles. The number of rotatable bonds is 2. The molecule has 0 unspecified atom stereocenters. The fourth-order valence-corrected chi connectivity index (χ4v) is 0.839. The molecule has 2 amide bonds. The van der Waals surface area contributed by atoms with E-state index in [0.717, 1.165) is 5.75 Å².